The van der Waals surface area contributed by atoms with Crippen LogP contribution in [0.15, 0.2) is 30.3 Å². The summed E-state index contributed by atoms with van der Waals surface area (Å²) in [6.07, 6.45) is -0.175. The van der Waals surface area contributed by atoms with Gasteiger partial charge in [0.25, 0.3) is 0 Å². The van der Waals surface area contributed by atoms with Crippen molar-refractivity contribution in [3.05, 3.63) is 35.9 Å². The third-order valence-electron chi connectivity index (χ3n) is 3.11. The number of ether oxygens (including phenoxy) is 1. The van der Waals surface area contributed by atoms with Crippen molar-refractivity contribution in [1.29, 1.82) is 0 Å². The van der Waals surface area contributed by atoms with Gasteiger partial charge in [-0.3, -0.25) is 14.4 Å². The average Bonchev–Trinajstić information content (AvgIpc) is 2.39. The molecule has 0 radical (unpaired) electrons. The highest BCUT2D eigenvalue weighted by Gasteiger charge is 2.41. The van der Waals surface area contributed by atoms with Gasteiger partial charge in [-0.2, -0.15) is 0 Å². The van der Waals surface area contributed by atoms with Crippen molar-refractivity contribution in [3.8, 4) is 0 Å². The minimum absolute atomic E-state index is 0.175. The number of ketones is 2. The molecule has 0 spiro atoms. The van der Waals surface area contributed by atoms with Crippen LogP contribution in [0.3, 0.4) is 0 Å². The minimum atomic E-state index is -1.41. The third kappa shape index (κ3) is 3.50. The summed E-state index contributed by atoms with van der Waals surface area (Å²) < 4.78 is 4.89. The molecule has 0 fully saturated rings. The van der Waals surface area contributed by atoms with Gasteiger partial charge in [0.05, 0.1) is 6.61 Å². The van der Waals surface area contributed by atoms with Gasteiger partial charge < -0.3 is 4.74 Å². The lowest BCUT2D eigenvalue weighted by atomic mass is 9.80. The number of rotatable bonds is 6. The molecule has 19 heavy (non-hydrogen) atoms. The minimum Gasteiger partial charge on any atom is -0.465 e. The summed E-state index contributed by atoms with van der Waals surface area (Å²) >= 11 is 0. The predicted octanol–water partition coefficient (Wildman–Crippen LogP) is 2.42. The SMILES string of the molecule is CCOC(=O)C(C)(CC(=O)c1ccccc1)C(C)=O. The van der Waals surface area contributed by atoms with Gasteiger partial charge in [0, 0.05) is 12.0 Å². The van der Waals surface area contributed by atoms with Crippen molar-refractivity contribution in [1.82, 2.24) is 0 Å². The fraction of sp³-hybridized carbons (Fsp3) is 0.400. The molecule has 1 atom stereocenters. The van der Waals surface area contributed by atoms with E-state index in [-0.39, 0.29) is 24.6 Å². The van der Waals surface area contributed by atoms with E-state index in [2.05, 4.69) is 0 Å². The van der Waals surface area contributed by atoms with Crippen LogP contribution in [0.1, 0.15) is 37.6 Å². The standard InChI is InChI=1S/C15H18O4/c1-4-19-14(18)15(3,11(2)16)10-13(17)12-8-6-5-7-9-12/h5-9H,4,10H2,1-3H3. The molecule has 0 N–H and O–H groups in total. The lowest BCUT2D eigenvalue weighted by Crippen LogP contribution is -2.38. The second kappa shape index (κ2) is 6.27. The number of benzene rings is 1. The van der Waals surface area contributed by atoms with Crippen LogP contribution < -0.4 is 0 Å². The molecule has 0 saturated heterocycles. The average molecular weight is 262 g/mol. The molecule has 1 aromatic rings. The van der Waals surface area contributed by atoms with Crippen LogP contribution in [0, 0.1) is 5.41 Å². The van der Waals surface area contributed by atoms with Crippen molar-refractivity contribution in [2.45, 2.75) is 27.2 Å². The number of carbonyl (C=O) groups excluding carboxylic acids is 3. The maximum absolute atomic E-state index is 12.1. The van der Waals surface area contributed by atoms with Crippen LogP contribution in [0.4, 0.5) is 0 Å². The number of hydrogen-bond donors (Lipinski definition) is 0. The Bertz CT molecular complexity index is 478. The fourth-order valence-electron chi connectivity index (χ4n) is 1.68. The van der Waals surface area contributed by atoms with Gasteiger partial charge >= 0.3 is 5.97 Å². The molecule has 0 heterocycles. The molecule has 4 heteroatoms. The highest BCUT2D eigenvalue weighted by molar-refractivity contribution is 6.08. The maximum Gasteiger partial charge on any atom is 0.319 e. The second-order valence-corrected chi connectivity index (χ2v) is 4.57. The number of Topliss-reactive ketones (excluding diaryl/α,β-unsaturated/α-hetero) is 2. The Balaban J connectivity index is 2.94. The van der Waals surface area contributed by atoms with Crippen molar-refractivity contribution in [3.63, 3.8) is 0 Å². The zero-order chi connectivity index (χ0) is 14.5. The Morgan fingerprint density at radius 2 is 1.74 bits per heavy atom. The number of carbonyl (C=O) groups is 3. The van der Waals surface area contributed by atoms with Crippen molar-refractivity contribution in [2.24, 2.45) is 5.41 Å². The number of esters is 1. The first-order valence-electron chi connectivity index (χ1n) is 6.18. The molecule has 1 aromatic carbocycles. The van der Waals surface area contributed by atoms with E-state index in [1.807, 2.05) is 0 Å². The number of hydrogen-bond acceptors (Lipinski definition) is 4. The van der Waals surface area contributed by atoms with Crippen molar-refractivity contribution in [2.75, 3.05) is 6.61 Å². The van der Waals surface area contributed by atoms with E-state index in [1.54, 1.807) is 37.3 Å². The highest BCUT2D eigenvalue weighted by atomic mass is 16.5. The Labute approximate surface area is 112 Å². The molecule has 0 aliphatic rings. The molecule has 0 amide bonds. The molecule has 1 unspecified atom stereocenters. The summed E-state index contributed by atoms with van der Waals surface area (Å²) in [5.41, 5.74) is -0.928. The van der Waals surface area contributed by atoms with Crippen LogP contribution in [0.5, 0.6) is 0 Å². The van der Waals surface area contributed by atoms with E-state index >= 15 is 0 Å². The normalized spacial score (nSPS) is 13.4. The molecule has 0 aromatic heterocycles. The monoisotopic (exact) mass is 262 g/mol. The summed E-state index contributed by atoms with van der Waals surface area (Å²) in [5, 5.41) is 0. The summed E-state index contributed by atoms with van der Waals surface area (Å²) in [6, 6.07) is 8.60. The fourth-order valence-corrected chi connectivity index (χ4v) is 1.68. The van der Waals surface area contributed by atoms with Gasteiger partial charge in [0.2, 0.25) is 0 Å². The molecule has 0 aliphatic heterocycles. The van der Waals surface area contributed by atoms with Crippen molar-refractivity contribution >= 4 is 17.5 Å². The molecule has 102 valence electrons. The van der Waals surface area contributed by atoms with Gasteiger partial charge in [0.1, 0.15) is 11.2 Å². The Hall–Kier alpha value is -1.97. The smallest absolute Gasteiger partial charge is 0.319 e. The molecule has 0 saturated carbocycles. The zero-order valence-electron chi connectivity index (χ0n) is 11.4. The van der Waals surface area contributed by atoms with E-state index in [4.69, 9.17) is 4.74 Å². The van der Waals surface area contributed by atoms with E-state index in [0.29, 0.717) is 5.56 Å². The third-order valence-corrected chi connectivity index (χ3v) is 3.11. The van der Waals surface area contributed by atoms with Crippen LogP contribution in [0.25, 0.3) is 0 Å². The molecule has 4 nitrogen and oxygen atoms in total. The molecule has 1 rings (SSSR count). The first kappa shape index (κ1) is 15.1. The highest BCUT2D eigenvalue weighted by Crippen LogP contribution is 2.27. The summed E-state index contributed by atoms with van der Waals surface area (Å²) in [6.45, 7) is 4.60. The van der Waals surface area contributed by atoms with Crippen LogP contribution in [-0.4, -0.2) is 24.1 Å². The molecule has 0 aliphatic carbocycles. The lowest BCUT2D eigenvalue weighted by molar-refractivity contribution is -0.158. The first-order valence-corrected chi connectivity index (χ1v) is 6.18. The van der Waals surface area contributed by atoms with Gasteiger partial charge in [-0.05, 0) is 20.8 Å². The largest absolute Gasteiger partial charge is 0.465 e. The Kier molecular flexibility index (Phi) is 4.98. The lowest BCUT2D eigenvalue weighted by Gasteiger charge is -2.23. The van der Waals surface area contributed by atoms with Crippen LogP contribution in [0.2, 0.25) is 0 Å². The van der Waals surface area contributed by atoms with Gasteiger partial charge in [-0.25, -0.2) is 0 Å². The van der Waals surface area contributed by atoms with Gasteiger partial charge in [-0.15, -0.1) is 0 Å². The van der Waals surface area contributed by atoms with E-state index in [1.165, 1.54) is 13.8 Å². The second-order valence-electron chi connectivity index (χ2n) is 4.57. The van der Waals surface area contributed by atoms with Crippen LogP contribution in [-0.2, 0) is 14.3 Å². The first-order chi connectivity index (χ1) is 8.91. The molecular weight excluding hydrogens is 244 g/mol. The maximum atomic E-state index is 12.1. The van der Waals surface area contributed by atoms with Crippen molar-refractivity contribution < 1.29 is 19.1 Å². The van der Waals surface area contributed by atoms with E-state index < -0.39 is 11.4 Å². The zero-order valence-corrected chi connectivity index (χ0v) is 11.4. The van der Waals surface area contributed by atoms with Crippen LogP contribution >= 0.6 is 0 Å². The summed E-state index contributed by atoms with van der Waals surface area (Å²) in [5.74, 6) is -1.26. The summed E-state index contributed by atoms with van der Waals surface area (Å²) in [4.78, 5) is 35.7. The van der Waals surface area contributed by atoms with Gasteiger partial charge in [0.15, 0.2) is 5.78 Å². The predicted molar refractivity (Wildman–Crippen MR) is 70.8 cm³/mol. The molecule has 0 bridgehead atoms. The quantitative estimate of drug-likeness (QED) is 0.449. The summed E-state index contributed by atoms with van der Waals surface area (Å²) in [7, 11) is 0. The van der Waals surface area contributed by atoms with Gasteiger partial charge in [-0.1, -0.05) is 30.3 Å². The molecular formula is C15H18O4. The topological polar surface area (TPSA) is 60.4 Å². The Morgan fingerprint density at radius 3 is 2.21 bits per heavy atom. The van der Waals surface area contributed by atoms with E-state index in [9.17, 15) is 14.4 Å². The van der Waals surface area contributed by atoms with E-state index in [0.717, 1.165) is 0 Å². The Morgan fingerprint density at radius 1 is 1.16 bits per heavy atom.